The topological polar surface area (TPSA) is 130 Å². The molecule has 0 saturated heterocycles. The molecule has 0 bridgehead atoms. The third kappa shape index (κ3) is 6.22. The van der Waals surface area contributed by atoms with Crippen molar-refractivity contribution in [3.63, 3.8) is 0 Å². The lowest BCUT2D eigenvalue weighted by atomic mass is 9.96. The van der Waals surface area contributed by atoms with Gasteiger partial charge in [0.25, 0.3) is 10.0 Å². The van der Waals surface area contributed by atoms with E-state index in [-0.39, 0.29) is 28.5 Å². The summed E-state index contributed by atoms with van der Waals surface area (Å²) in [6.45, 7) is 10.4. The maximum absolute atomic E-state index is 13.5. The Balaban J connectivity index is 2.53. The van der Waals surface area contributed by atoms with Crippen molar-refractivity contribution in [1.82, 2.24) is 19.5 Å². The summed E-state index contributed by atoms with van der Waals surface area (Å²) in [5.41, 5.74) is -3.40. The molecule has 1 amide bonds. The number of aromatic nitrogens is 3. The lowest BCUT2D eigenvalue weighted by molar-refractivity contribution is -0.141. The first kappa shape index (κ1) is 26.1. The van der Waals surface area contributed by atoms with Gasteiger partial charge in [-0.05, 0) is 17.5 Å². The van der Waals surface area contributed by atoms with Gasteiger partial charge in [0.05, 0.1) is 0 Å². The third-order valence-corrected chi connectivity index (χ3v) is 5.52. The molecule has 0 saturated carbocycles. The smallest absolute Gasteiger partial charge is 0.368 e. The molecule has 0 atom stereocenters. The van der Waals surface area contributed by atoms with Crippen LogP contribution in [-0.2, 0) is 21.0 Å². The van der Waals surface area contributed by atoms with Gasteiger partial charge >= 0.3 is 6.18 Å². The Morgan fingerprint density at radius 3 is 2.18 bits per heavy atom. The summed E-state index contributed by atoms with van der Waals surface area (Å²) in [6.07, 6.45) is -4.00. The van der Waals surface area contributed by atoms with Gasteiger partial charge in [-0.3, -0.25) is 4.79 Å². The van der Waals surface area contributed by atoms with E-state index in [1.165, 1.54) is 26.8 Å². The predicted molar refractivity (Wildman–Crippen MR) is 114 cm³/mol. The molecule has 0 radical (unpaired) electrons. The van der Waals surface area contributed by atoms with Crippen molar-refractivity contribution in [2.45, 2.75) is 52.6 Å². The second-order valence-electron chi connectivity index (χ2n) is 9.54. The van der Waals surface area contributed by atoms with E-state index < -0.39 is 38.8 Å². The molecule has 2 heterocycles. The normalized spacial score (nSPS) is 12.8. The van der Waals surface area contributed by atoms with Crippen LogP contribution < -0.4 is 10.0 Å². The molecular formula is C20H25F3N6O3S. The van der Waals surface area contributed by atoms with E-state index >= 15 is 0 Å². The first-order valence-corrected chi connectivity index (χ1v) is 11.2. The number of pyridine rings is 1. The molecule has 0 unspecified atom stereocenters. The van der Waals surface area contributed by atoms with Gasteiger partial charge in [-0.1, -0.05) is 41.5 Å². The number of sulfonamides is 1. The fourth-order valence-electron chi connectivity index (χ4n) is 2.39. The van der Waals surface area contributed by atoms with Gasteiger partial charge in [0.2, 0.25) is 5.91 Å². The van der Waals surface area contributed by atoms with E-state index in [0.29, 0.717) is 0 Å². The molecule has 0 fully saturated rings. The van der Waals surface area contributed by atoms with Crippen molar-refractivity contribution in [3.05, 3.63) is 29.6 Å². The number of halogens is 3. The van der Waals surface area contributed by atoms with Crippen molar-refractivity contribution in [1.29, 1.82) is 5.26 Å². The molecule has 2 aromatic heterocycles. The first-order valence-electron chi connectivity index (χ1n) is 9.75. The van der Waals surface area contributed by atoms with Gasteiger partial charge in [-0.2, -0.15) is 28.2 Å². The van der Waals surface area contributed by atoms with E-state index in [1.54, 1.807) is 0 Å². The molecule has 9 nitrogen and oxygen atoms in total. The highest BCUT2D eigenvalue weighted by Gasteiger charge is 2.40. The van der Waals surface area contributed by atoms with Crippen LogP contribution in [0.15, 0.2) is 23.2 Å². The van der Waals surface area contributed by atoms with Crippen LogP contribution in [0.2, 0.25) is 0 Å². The number of amides is 1. The average molecular weight is 487 g/mol. The number of hydrogen-bond donors (Lipinski definition) is 2. The van der Waals surface area contributed by atoms with Gasteiger partial charge < -0.3 is 5.32 Å². The fraction of sp³-hybridized carbons (Fsp3) is 0.500. The lowest BCUT2D eigenvalue weighted by Crippen LogP contribution is -2.38. The van der Waals surface area contributed by atoms with Gasteiger partial charge in [0.15, 0.2) is 11.5 Å². The quantitative estimate of drug-likeness (QED) is 0.662. The van der Waals surface area contributed by atoms with Crippen molar-refractivity contribution in [3.8, 4) is 11.9 Å². The Morgan fingerprint density at radius 2 is 1.76 bits per heavy atom. The molecule has 2 N–H and O–H groups in total. The SMILES string of the molecule is CC(C)(C)CNc1c(C#N)c(C(F)(F)F)nn1-c1ccc(S(=O)(=O)NC(=O)C(C)(C)C)cn1. The number of alkyl halides is 3. The zero-order chi connectivity index (χ0) is 25.4. The number of nitrogens with one attached hydrogen (secondary N) is 2. The average Bonchev–Trinajstić information content (AvgIpc) is 3.03. The van der Waals surface area contributed by atoms with Crippen molar-refractivity contribution in [2.24, 2.45) is 10.8 Å². The van der Waals surface area contributed by atoms with Crippen molar-refractivity contribution < 1.29 is 26.4 Å². The van der Waals surface area contributed by atoms with Gasteiger partial charge in [0, 0.05) is 18.2 Å². The summed E-state index contributed by atoms with van der Waals surface area (Å²) >= 11 is 0. The molecule has 2 aromatic rings. The Hall–Kier alpha value is -3.14. The molecule has 0 aliphatic heterocycles. The number of carbonyl (C=O) groups excluding carboxylic acids is 1. The second kappa shape index (κ2) is 8.66. The highest BCUT2D eigenvalue weighted by atomic mass is 32.2. The molecule has 13 heteroatoms. The van der Waals surface area contributed by atoms with Crippen LogP contribution >= 0.6 is 0 Å². The second-order valence-corrected chi connectivity index (χ2v) is 11.2. The van der Waals surface area contributed by atoms with Crippen LogP contribution in [-0.4, -0.2) is 35.6 Å². The Morgan fingerprint density at radius 1 is 1.15 bits per heavy atom. The Labute approximate surface area is 190 Å². The van der Waals surface area contributed by atoms with Gasteiger partial charge in [0.1, 0.15) is 22.3 Å². The first-order chi connectivity index (χ1) is 14.9. The lowest BCUT2D eigenvalue weighted by Gasteiger charge is -2.20. The highest BCUT2D eigenvalue weighted by Crippen LogP contribution is 2.35. The summed E-state index contributed by atoms with van der Waals surface area (Å²) in [5, 5.41) is 15.7. The zero-order valence-corrected chi connectivity index (χ0v) is 19.8. The Kier molecular flexibility index (Phi) is 6.85. The van der Waals surface area contributed by atoms with E-state index in [1.807, 2.05) is 25.5 Å². The summed E-state index contributed by atoms with van der Waals surface area (Å²) in [7, 11) is -4.25. The van der Waals surface area contributed by atoms with Gasteiger partial charge in [-0.25, -0.2) is 18.1 Å². The molecular weight excluding hydrogens is 461 g/mol. The van der Waals surface area contributed by atoms with Crippen LogP contribution in [0.5, 0.6) is 0 Å². The fourth-order valence-corrected chi connectivity index (χ4v) is 3.50. The summed E-state index contributed by atoms with van der Waals surface area (Å²) in [6, 6.07) is 3.74. The minimum atomic E-state index is -4.89. The number of rotatable bonds is 5. The molecule has 0 aliphatic carbocycles. The van der Waals surface area contributed by atoms with Crippen LogP contribution in [0, 0.1) is 22.2 Å². The van der Waals surface area contributed by atoms with E-state index in [0.717, 1.165) is 23.0 Å². The van der Waals surface area contributed by atoms with Crippen LogP contribution in [0.4, 0.5) is 19.0 Å². The largest absolute Gasteiger partial charge is 0.436 e. The molecule has 2 rings (SSSR count). The molecule has 0 spiro atoms. The highest BCUT2D eigenvalue weighted by molar-refractivity contribution is 7.90. The Bertz CT molecular complexity index is 1180. The van der Waals surface area contributed by atoms with E-state index in [4.69, 9.17) is 0 Å². The molecule has 33 heavy (non-hydrogen) atoms. The van der Waals surface area contributed by atoms with Gasteiger partial charge in [-0.15, -0.1) is 0 Å². The molecule has 0 aliphatic rings. The minimum absolute atomic E-state index is 0.153. The van der Waals surface area contributed by atoms with E-state index in [9.17, 15) is 31.6 Å². The number of nitriles is 1. The van der Waals surface area contributed by atoms with Crippen LogP contribution in [0.1, 0.15) is 52.8 Å². The summed E-state index contributed by atoms with van der Waals surface area (Å²) < 4.78 is 68.0. The maximum Gasteiger partial charge on any atom is 0.436 e. The number of nitrogens with zero attached hydrogens (tertiary/aromatic N) is 4. The number of carbonyl (C=O) groups is 1. The zero-order valence-electron chi connectivity index (χ0n) is 19.0. The van der Waals surface area contributed by atoms with E-state index in [2.05, 4.69) is 15.4 Å². The third-order valence-electron chi connectivity index (χ3n) is 4.21. The number of hydrogen-bond acceptors (Lipinski definition) is 7. The summed E-state index contributed by atoms with van der Waals surface area (Å²) in [4.78, 5) is 15.6. The molecule has 180 valence electrons. The summed E-state index contributed by atoms with van der Waals surface area (Å²) in [5.74, 6) is -1.11. The molecule has 0 aromatic carbocycles. The van der Waals surface area contributed by atoms with Crippen LogP contribution in [0.3, 0.4) is 0 Å². The monoisotopic (exact) mass is 486 g/mol. The van der Waals surface area contributed by atoms with Crippen LogP contribution in [0.25, 0.3) is 5.82 Å². The standard InChI is InChI=1S/C20H25F3N6O3S/c1-18(2,3)11-26-16-13(9-24)15(20(21,22)23)27-29(16)14-8-7-12(10-25-14)33(31,32)28-17(30)19(4,5)6/h7-8,10,26H,11H2,1-6H3,(H,28,30). The maximum atomic E-state index is 13.5. The number of anilines is 1. The predicted octanol–water partition coefficient (Wildman–Crippen LogP) is 3.47. The minimum Gasteiger partial charge on any atom is -0.368 e. The van der Waals surface area contributed by atoms with Crippen molar-refractivity contribution in [2.75, 3.05) is 11.9 Å². The van der Waals surface area contributed by atoms with Crippen molar-refractivity contribution >= 4 is 21.7 Å².